The van der Waals surface area contributed by atoms with E-state index in [1.807, 2.05) is 18.2 Å². The van der Waals surface area contributed by atoms with E-state index in [9.17, 15) is 4.79 Å². The van der Waals surface area contributed by atoms with E-state index in [1.165, 1.54) is 6.26 Å². The zero-order valence-corrected chi connectivity index (χ0v) is 11.7. The van der Waals surface area contributed by atoms with Crippen molar-refractivity contribution in [1.82, 2.24) is 5.43 Å². The lowest BCUT2D eigenvalue weighted by Crippen LogP contribution is -2.19. The van der Waals surface area contributed by atoms with E-state index in [1.54, 1.807) is 19.9 Å². The van der Waals surface area contributed by atoms with Crippen LogP contribution in [-0.4, -0.2) is 18.4 Å². The van der Waals surface area contributed by atoms with Gasteiger partial charge in [-0.3, -0.25) is 4.79 Å². The highest BCUT2D eigenvalue weighted by Gasteiger charge is 2.14. The minimum absolute atomic E-state index is 0.228. The van der Waals surface area contributed by atoms with Gasteiger partial charge in [0.15, 0.2) is 11.5 Å². The minimum Gasteiger partial charge on any atom is -0.469 e. The number of carbonyl (C=O) groups excluding carboxylic acids is 1. The Labute approximate surface area is 121 Å². The summed E-state index contributed by atoms with van der Waals surface area (Å²) in [6.07, 6.45) is 1.47. The monoisotopic (exact) mass is 286 g/mol. The molecule has 1 aliphatic rings. The van der Waals surface area contributed by atoms with Crippen molar-refractivity contribution >= 4 is 11.6 Å². The SMILES string of the molecule is C/C(=N\NC(=O)c1ccoc1C)c1ccc2c(c1)OCO2. The number of hydrazone groups is 1. The lowest BCUT2D eigenvalue weighted by atomic mass is 10.1. The standard InChI is InChI=1S/C15H14N2O4/c1-9(11-3-4-13-14(7-11)21-8-20-13)16-17-15(18)12-5-6-19-10(12)2/h3-7H,8H2,1-2H3,(H,17,18)/b16-9+. The third-order valence-electron chi connectivity index (χ3n) is 3.22. The fourth-order valence-electron chi connectivity index (χ4n) is 2.00. The lowest BCUT2D eigenvalue weighted by molar-refractivity contribution is 0.0953. The number of hydrogen-bond acceptors (Lipinski definition) is 5. The number of benzene rings is 1. The Morgan fingerprint density at radius 1 is 1.24 bits per heavy atom. The Hall–Kier alpha value is -2.76. The summed E-state index contributed by atoms with van der Waals surface area (Å²) in [5.41, 5.74) is 4.50. The molecule has 1 amide bonds. The summed E-state index contributed by atoms with van der Waals surface area (Å²) in [5, 5.41) is 4.10. The van der Waals surface area contributed by atoms with Crippen LogP contribution in [0.3, 0.4) is 0 Å². The molecule has 0 saturated heterocycles. The quantitative estimate of drug-likeness (QED) is 0.695. The Bertz CT molecular complexity index is 718. The molecule has 1 N–H and O–H groups in total. The number of rotatable bonds is 3. The summed E-state index contributed by atoms with van der Waals surface area (Å²) in [5.74, 6) is 1.65. The molecule has 0 unspecified atom stereocenters. The third kappa shape index (κ3) is 2.60. The second-order valence-electron chi connectivity index (χ2n) is 4.60. The maximum Gasteiger partial charge on any atom is 0.274 e. The van der Waals surface area contributed by atoms with Crippen molar-refractivity contribution < 1.29 is 18.7 Å². The zero-order chi connectivity index (χ0) is 14.8. The van der Waals surface area contributed by atoms with Crippen LogP contribution in [0.5, 0.6) is 11.5 Å². The van der Waals surface area contributed by atoms with Crippen LogP contribution in [0, 0.1) is 6.92 Å². The first-order valence-corrected chi connectivity index (χ1v) is 6.44. The van der Waals surface area contributed by atoms with Gasteiger partial charge >= 0.3 is 0 Å². The number of hydrogen-bond donors (Lipinski definition) is 1. The molecule has 6 heteroatoms. The smallest absolute Gasteiger partial charge is 0.274 e. The van der Waals surface area contributed by atoms with Crippen molar-refractivity contribution in [2.24, 2.45) is 5.10 Å². The zero-order valence-electron chi connectivity index (χ0n) is 11.7. The van der Waals surface area contributed by atoms with Gasteiger partial charge in [0.25, 0.3) is 5.91 Å². The van der Waals surface area contributed by atoms with E-state index in [0.29, 0.717) is 28.5 Å². The first kappa shape index (κ1) is 13.2. The fraction of sp³-hybridized carbons (Fsp3) is 0.200. The van der Waals surface area contributed by atoms with Gasteiger partial charge in [0.1, 0.15) is 5.76 Å². The molecule has 6 nitrogen and oxygen atoms in total. The van der Waals surface area contributed by atoms with E-state index in [2.05, 4.69) is 10.5 Å². The summed E-state index contributed by atoms with van der Waals surface area (Å²) in [6, 6.07) is 7.12. The highest BCUT2D eigenvalue weighted by molar-refractivity contribution is 6.01. The van der Waals surface area contributed by atoms with Gasteiger partial charge in [0.05, 0.1) is 17.5 Å². The predicted octanol–water partition coefficient (Wildman–Crippen LogP) is 2.47. The van der Waals surface area contributed by atoms with Crippen LogP contribution in [-0.2, 0) is 0 Å². The van der Waals surface area contributed by atoms with Gasteiger partial charge in [-0.05, 0) is 38.1 Å². The number of nitrogens with one attached hydrogen (secondary N) is 1. The average Bonchev–Trinajstić information content (AvgIpc) is 3.11. The van der Waals surface area contributed by atoms with Gasteiger partial charge < -0.3 is 13.9 Å². The lowest BCUT2D eigenvalue weighted by Gasteiger charge is -2.03. The number of fused-ring (bicyclic) bond motifs is 1. The molecule has 1 aromatic heterocycles. The number of nitrogens with zero attached hydrogens (tertiary/aromatic N) is 1. The fourth-order valence-corrected chi connectivity index (χ4v) is 2.00. The Morgan fingerprint density at radius 3 is 2.81 bits per heavy atom. The topological polar surface area (TPSA) is 73.1 Å². The van der Waals surface area contributed by atoms with E-state index in [4.69, 9.17) is 13.9 Å². The van der Waals surface area contributed by atoms with Crippen LogP contribution >= 0.6 is 0 Å². The van der Waals surface area contributed by atoms with Crippen LogP contribution in [0.15, 0.2) is 40.0 Å². The summed E-state index contributed by atoms with van der Waals surface area (Å²) in [7, 11) is 0. The van der Waals surface area contributed by atoms with Crippen molar-refractivity contribution in [3.63, 3.8) is 0 Å². The first-order valence-electron chi connectivity index (χ1n) is 6.44. The van der Waals surface area contributed by atoms with E-state index >= 15 is 0 Å². The molecule has 0 atom stereocenters. The van der Waals surface area contributed by atoms with Crippen molar-refractivity contribution in [1.29, 1.82) is 0 Å². The van der Waals surface area contributed by atoms with Gasteiger partial charge in [-0.1, -0.05) is 0 Å². The maximum absolute atomic E-state index is 11.9. The summed E-state index contributed by atoms with van der Waals surface area (Å²) < 4.78 is 15.7. The molecule has 0 bridgehead atoms. The third-order valence-corrected chi connectivity index (χ3v) is 3.22. The number of ether oxygens (including phenoxy) is 2. The molecule has 2 aromatic rings. The normalized spacial score (nSPS) is 13.3. The molecule has 0 aliphatic carbocycles. The molecule has 0 fully saturated rings. The van der Waals surface area contributed by atoms with E-state index in [-0.39, 0.29) is 12.7 Å². The second kappa shape index (κ2) is 5.32. The van der Waals surface area contributed by atoms with Crippen LogP contribution in [0.1, 0.15) is 28.6 Å². The summed E-state index contributed by atoms with van der Waals surface area (Å²) in [4.78, 5) is 11.9. The molecule has 0 saturated carbocycles. The molecule has 21 heavy (non-hydrogen) atoms. The van der Waals surface area contributed by atoms with Crippen LogP contribution in [0.2, 0.25) is 0 Å². The Balaban J connectivity index is 1.74. The molecule has 0 spiro atoms. The molecule has 3 rings (SSSR count). The van der Waals surface area contributed by atoms with Gasteiger partial charge in [-0.15, -0.1) is 0 Å². The van der Waals surface area contributed by atoms with Crippen molar-refractivity contribution in [2.45, 2.75) is 13.8 Å². The summed E-state index contributed by atoms with van der Waals surface area (Å²) in [6.45, 7) is 3.76. The highest BCUT2D eigenvalue weighted by Crippen LogP contribution is 2.32. The van der Waals surface area contributed by atoms with Crippen molar-refractivity contribution in [3.05, 3.63) is 47.4 Å². The van der Waals surface area contributed by atoms with Crippen LogP contribution in [0.4, 0.5) is 0 Å². The predicted molar refractivity (Wildman–Crippen MR) is 75.7 cm³/mol. The van der Waals surface area contributed by atoms with E-state index < -0.39 is 0 Å². The highest BCUT2D eigenvalue weighted by atomic mass is 16.7. The molecule has 1 aliphatic heterocycles. The molecule has 2 heterocycles. The number of aryl methyl sites for hydroxylation is 1. The van der Waals surface area contributed by atoms with E-state index in [0.717, 1.165) is 5.56 Å². The van der Waals surface area contributed by atoms with Crippen molar-refractivity contribution in [3.8, 4) is 11.5 Å². The van der Waals surface area contributed by atoms with Gasteiger partial charge in [-0.25, -0.2) is 5.43 Å². The van der Waals surface area contributed by atoms with Crippen LogP contribution < -0.4 is 14.9 Å². The maximum atomic E-state index is 11.9. The number of amides is 1. The molecule has 1 aromatic carbocycles. The van der Waals surface area contributed by atoms with Gasteiger partial charge in [0, 0.05) is 5.56 Å². The first-order chi connectivity index (χ1) is 10.1. The Morgan fingerprint density at radius 2 is 2.05 bits per heavy atom. The number of furan rings is 1. The molecular formula is C15H14N2O4. The molecular weight excluding hydrogens is 272 g/mol. The van der Waals surface area contributed by atoms with Crippen LogP contribution in [0.25, 0.3) is 0 Å². The average molecular weight is 286 g/mol. The number of carbonyl (C=O) groups is 1. The summed E-state index contributed by atoms with van der Waals surface area (Å²) >= 11 is 0. The van der Waals surface area contributed by atoms with Gasteiger partial charge in [0.2, 0.25) is 6.79 Å². The largest absolute Gasteiger partial charge is 0.469 e. The molecule has 108 valence electrons. The molecule has 0 radical (unpaired) electrons. The Kier molecular flexibility index (Phi) is 3.35. The second-order valence-corrected chi connectivity index (χ2v) is 4.60. The minimum atomic E-state index is -0.304. The van der Waals surface area contributed by atoms with Gasteiger partial charge in [-0.2, -0.15) is 5.10 Å². The van der Waals surface area contributed by atoms with Crippen molar-refractivity contribution in [2.75, 3.05) is 6.79 Å².